The van der Waals surface area contributed by atoms with Crippen molar-refractivity contribution in [3.8, 4) is 5.69 Å². The highest BCUT2D eigenvalue weighted by Crippen LogP contribution is 2.20. The normalized spacial score (nSPS) is 10.6. The third-order valence-electron chi connectivity index (χ3n) is 3.04. The molecule has 1 aromatic carbocycles. The predicted octanol–water partition coefficient (Wildman–Crippen LogP) is 3.35. The van der Waals surface area contributed by atoms with E-state index in [4.69, 9.17) is 5.11 Å². The summed E-state index contributed by atoms with van der Waals surface area (Å²) < 4.78 is 1.96. The summed E-state index contributed by atoms with van der Waals surface area (Å²) in [7, 11) is 0. The Kier molecular flexibility index (Phi) is 3.24. The lowest BCUT2D eigenvalue weighted by Crippen LogP contribution is -2.04. The molecular weight excluding hydrogens is 226 g/mol. The van der Waals surface area contributed by atoms with Crippen LogP contribution in [-0.2, 0) is 6.42 Å². The van der Waals surface area contributed by atoms with Crippen molar-refractivity contribution < 1.29 is 9.90 Å². The minimum absolute atomic E-state index is 0.386. The van der Waals surface area contributed by atoms with Gasteiger partial charge in [-0.15, -0.1) is 0 Å². The van der Waals surface area contributed by atoms with Crippen molar-refractivity contribution in [1.29, 1.82) is 0 Å². The lowest BCUT2D eigenvalue weighted by atomic mass is 10.1. The van der Waals surface area contributed by atoms with Gasteiger partial charge in [0.1, 0.15) is 0 Å². The molecule has 0 unspecified atom stereocenters. The second-order valence-electron chi connectivity index (χ2n) is 4.55. The van der Waals surface area contributed by atoms with E-state index in [0.29, 0.717) is 12.0 Å². The number of nitrogens with zero attached hydrogens (tertiary/aromatic N) is 1. The van der Waals surface area contributed by atoms with E-state index in [1.807, 2.05) is 31.5 Å². The summed E-state index contributed by atoms with van der Waals surface area (Å²) in [6, 6.07) is 7.91. The molecule has 0 spiro atoms. The molecule has 3 nitrogen and oxygen atoms in total. The van der Waals surface area contributed by atoms with Gasteiger partial charge in [-0.1, -0.05) is 13.0 Å². The quantitative estimate of drug-likeness (QED) is 0.898. The molecule has 1 heterocycles. The molecule has 0 amide bonds. The fourth-order valence-corrected chi connectivity index (χ4v) is 2.35. The third-order valence-corrected chi connectivity index (χ3v) is 3.04. The van der Waals surface area contributed by atoms with Crippen molar-refractivity contribution in [2.24, 2.45) is 0 Å². The Labute approximate surface area is 107 Å². The number of carbonyl (C=O) groups is 1. The Morgan fingerprint density at radius 2 is 1.83 bits per heavy atom. The Hall–Kier alpha value is -2.03. The molecule has 94 valence electrons. The van der Waals surface area contributed by atoms with Crippen LogP contribution in [0.25, 0.3) is 5.69 Å². The Balaban J connectivity index is 2.60. The first-order valence-corrected chi connectivity index (χ1v) is 6.05. The second-order valence-corrected chi connectivity index (χ2v) is 4.55. The van der Waals surface area contributed by atoms with Crippen molar-refractivity contribution in [3.05, 3.63) is 52.8 Å². The lowest BCUT2D eigenvalue weighted by molar-refractivity contribution is 0.0696. The van der Waals surface area contributed by atoms with Crippen LogP contribution < -0.4 is 0 Å². The Morgan fingerprint density at radius 3 is 2.33 bits per heavy atom. The van der Waals surface area contributed by atoms with E-state index in [9.17, 15) is 4.79 Å². The van der Waals surface area contributed by atoms with E-state index >= 15 is 0 Å². The fourth-order valence-electron chi connectivity index (χ4n) is 2.35. The van der Waals surface area contributed by atoms with Gasteiger partial charge in [0.25, 0.3) is 0 Å². The molecule has 0 atom stereocenters. The summed E-state index contributed by atoms with van der Waals surface area (Å²) in [6.45, 7) is 6.06. The smallest absolute Gasteiger partial charge is 0.337 e. The van der Waals surface area contributed by atoms with Crippen molar-refractivity contribution in [3.63, 3.8) is 0 Å². The minimum atomic E-state index is -0.866. The molecule has 0 aliphatic carbocycles. The van der Waals surface area contributed by atoms with Crippen LogP contribution in [0.5, 0.6) is 0 Å². The standard InChI is InChI=1S/C15H17NO2/c1-4-14-13(15(17)18)5-6-16(14)12-8-10(2)7-11(3)9-12/h5-9H,4H2,1-3H3,(H,17,18). The van der Waals surface area contributed by atoms with Crippen LogP contribution in [0.2, 0.25) is 0 Å². The highest BCUT2D eigenvalue weighted by molar-refractivity contribution is 5.89. The number of aromatic nitrogens is 1. The average Bonchev–Trinajstić information content (AvgIpc) is 2.70. The molecule has 0 saturated heterocycles. The second kappa shape index (κ2) is 4.69. The summed E-state index contributed by atoms with van der Waals surface area (Å²) in [5, 5.41) is 9.15. The van der Waals surface area contributed by atoms with Gasteiger partial charge in [0.2, 0.25) is 0 Å². The lowest BCUT2D eigenvalue weighted by Gasteiger charge is -2.11. The van der Waals surface area contributed by atoms with Crippen LogP contribution in [0.4, 0.5) is 0 Å². The monoisotopic (exact) mass is 243 g/mol. The molecule has 0 saturated carbocycles. The maximum atomic E-state index is 11.1. The van der Waals surface area contributed by atoms with Crippen LogP contribution in [0.3, 0.4) is 0 Å². The van der Waals surface area contributed by atoms with Crippen molar-refractivity contribution in [2.75, 3.05) is 0 Å². The molecule has 3 heteroatoms. The molecule has 1 aromatic heterocycles. The van der Waals surface area contributed by atoms with Gasteiger partial charge in [0.15, 0.2) is 0 Å². The van der Waals surface area contributed by atoms with Gasteiger partial charge in [0, 0.05) is 17.6 Å². The zero-order chi connectivity index (χ0) is 13.3. The van der Waals surface area contributed by atoms with Crippen molar-refractivity contribution >= 4 is 5.97 Å². The van der Waals surface area contributed by atoms with E-state index in [2.05, 4.69) is 18.2 Å². The molecular formula is C15H17NO2. The number of rotatable bonds is 3. The van der Waals surface area contributed by atoms with Gasteiger partial charge in [0.05, 0.1) is 5.56 Å². The molecule has 2 aromatic rings. The summed E-state index contributed by atoms with van der Waals surface area (Å²) in [5.41, 5.74) is 4.61. The zero-order valence-corrected chi connectivity index (χ0v) is 10.9. The summed E-state index contributed by atoms with van der Waals surface area (Å²) in [6.07, 6.45) is 2.53. The number of hydrogen-bond acceptors (Lipinski definition) is 1. The molecule has 0 aliphatic heterocycles. The summed E-state index contributed by atoms with van der Waals surface area (Å²) in [5.74, 6) is -0.866. The molecule has 0 radical (unpaired) electrons. The maximum Gasteiger partial charge on any atom is 0.337 e. The first kappa shape index (κ1) is 12.4. The van der Waals surface area contributed by atoms with Crippen LogP contribution in [0.1, 0.15) is 34.1 Å². The Bertz CT molecular complexity index is 576. The summed E-state index contributed by atoms with van der Waals surface area (Å²) in [4.78, 5) is 11.1. The summed E-state index contributed by atoms with van der Waals surface area (Å²) >= 11 is 0. The van der Waals surface area contributed by atoms with Gasteiger partial charge in [-0.3, -0.25) is 0 Å². The van der Waals surface area contributed by atoms with E-state index in [0.717, 1.165) is 11.4 Å². The molecule has 18 heavy (non-hydrogen) atoms. The number of hydrogen-bond donors (Lipinski definition) is 1. The molecule has 0 fully saturated rings. The zero-order valence-electron chi connectivity index (χ0n) is 10.9. The van der Waals surface area contributed by atoms with Crippen LogP contribution in [0.15, 0.2) is 30.5 Å². The molecule has 0 bridgehead atoms. The highest BCUT2D eigenvalue weighted by atomic mass is 16.4. The first-order valence-electron chi connectivity index (χ1n) is 6.05. The van der Waals surface area contributed by atoms with Crippen molar-refractivity contribution in [2.45, 2.75) is 27.2 Å². The van der Waals surface area contributed by atoms with Gasteiger partial charge in [-0.2, -0.15) is 0 Å². The number of carboxylic acid groups (broad SMARTS) is 1. The van der Waals surface area contributed by atoms with Crippen molar-refractivity contribution in [1.82, 2.24) is 4.57 Å². The fraction of sp³-hybridized carbons (Fsp3) is 0.267. The SMILES string of the molecule is CCc1c(C(=O)O)ccn1-c1cc(C)cc(C)c1. The highest BCUT2D eigenvalue weighted by Gasteiger charge is 2.14. The van der Waals surface area contributed by atoms with Gasteiger partial charge >= 0.3 is 5.97 Å². The largest absolute Gasteiger partial charge is 0.478 e. The van der Waals surface area contributed by atoms with E-state index in [-0.39, 0.29) is 0 Å². The minimum Gasteiger partial charge on any atom is -0.478 e. The van der Waals surface area contributed by atoms with Crippen LogP contribution in [0, 0.1) is 13.8 Å². The molecule has 2 rings (SSSR count). The molecule has 0 aliphatic rings. The van der Waals surface area contributed by atoms with Crippen LogP contribution >= 0.6 is 0 Å². The number of carboxylic acids is 1. The average molecular weight is 243 g/mol. The van der Waals surface area contributed by atoms with Gasteiger partial charge in [-0.25, -0.2) is 4.79 Å². The number of aryl methyl sites for hydroxylation is 2. The topological polar surface area (TPSA) is 42.2 Å². The van der Waals surface area contributed by atoms with Gasteiger partial charge < -0.3 is 9.67 Å². The maximum absolute atomic E-state index is 11.1. The van der Waals surface area contributed by atoms with E-state index in [1.165, 1.54) is 11.1 Å². The number of benzene rings is 1. The number of aromatic carboxylic acids is 1. The van der Waals surface area contributed by atoms with E-state index < -0.39 is 5.97 Å². The third kappa shape index (κ3) is 2.16. The first-order chi connectivity index (χ1) is 8.52. The van der Waals surface area contributed by atoms with E-state index in [1.54, 1.807) is 6.07 Å². The predicted molar refractivity (Wildman–Crippen MR) is 71.6 cm³/mol. The van der Waals surface area contributed by atoms with Gasteiger partial charge in [-0.05, 0) is 49.6 Å². The Morgan fingerprint density at radius 1 is 1.22 bits per heavy atom. The molecule has 1 N–H and O–H groups in total. The van der Waals surface area contributed by atoms with Crippen LogP contribution in [-0.4, -0.2) is 15.6 Å².